The van der Waals surface area contributed by atoms with Crippen molar-refractivity contribution in [2.24, 2.45) is 0 Å². The Hall–Kier alpha value is -4.20. The lowest BCUT2D eigenvalue weighted by Gasteiger charge is -2.44. The van der Waals surface area contributed by atoms with Crippen molar-refractivity contribution in [3.8, 4) is 0 Å². The predicted molar refractivity (Wildman–Crippen MR) is 230 cm³/mol. The van der Waals surface area contributed by atoms with E-state index in [1.165, 1.54) is 30.0 Å². The second-order valence-corrected chi connectivity index (χ2v) is 28.8. The topological polar surface area (TPSA) is 239 Å². The van der Waals surface area contributed by atoms with Gasteiger partial charge in [0.1, 0.15) is 24.9 Å². The molecule has 0 aliphatic carbocycles. The van der Waals surface area contributed by atoms with E-state index in [4.69, 9.17) is 37.3 Å². The molecule has 4 rings (SSSR count). The van der Waals surface area contributed by atoms with Crippen LogP contribution < -0.4 is 16.6 Å². The summed E-state index contributed by atoms with van der Waals surface area (Å²) in [6, 6.07) is 4.31. The predicted octanol–water partition coefficient (Wildman–Crippen LogP) is 4.42. The summed E-state index contributed by atoms with van der Waals surface area (Å²) >= 11 is 0.968. The lowest BCUT2D eigenvalue weighted by molar-refractivity contribution is -0.237. The Balaban J connectivity index is 1.69. The minimum atomic E-state index is -2.66. The molecule has 0 radical (unpaired) electrons. The van der Waals surface area contributed by atoms with E-state index in [1.54, 1.807) is 12.1 Å². The van der Waals surface area contributed by atoms with E-state index in [2.05, 4.69) is 56.8 Å². The summed E-state index contributed by atoms with van der Waals surface area (Å²) in [5.74, 6) is -3.53. The molecule has 2 fully saturated rings. The van der Waals surface area contributed by atoms with E-state index in [-0.39, 0.29) is 15.8 Å². The molecule has 1 amide bonds. The maximum absolute atomic E-state index is 14.4. The van der Waals surface area contributed by atoms with Gasteiger partial charge in [0.15, 0.2) is 52.7 Å². The minimum absolute atomic E-state index is 0.252. The average molecular weight is 925 g/mol. The molecule has 2 aliphatic heterocycles. The minimum Gasteiger partial charge on any atom is -0.463 e. The number of pyridine rings is 1. The highest BCUT2D eigenvalue weighted by atomic mass is 32.2. The Morgan fingerprint density at radius 2 is 1.31 bits per heavy atom. The Kier molecular flexibility index (Phi) is 16.0. The second-order valence-electron chi connectivity index (χ2n) is 18.2. The van der Waals surface area contributed by atoms with Gasteiger partial charge >= 0.3 is 29.6 Å². The van der Waals surface area contributed by atoms with E-state index in [0.29, 0.717) is 5.03 Å². The molecule has 19 nitrogen and oxygen atoms in total. The first-order valence-electron chi connectivity index (χ1n) is 20.1. The summed E-state index contributed by atoms with van der Waals surface area (Å²) < 4.78 is 49.5. The van der Waals surface area contributed by atoms with Gasteiger partial charge in [0, 0.05) is 40.0 Å². The molecule has 0 bridgehead atoms. The molecule has 9 atom stereocenters. The largest absolute Gasteiger partial charge is 0.463 e. The van der Waals surface area contributed by atoms with Crippen molar-refractivity contribution in [2.75, 3.05) is 11.9 Å². The van der Waals surface area contributed by atoms with E-state index >= 15 is 0 Å². The highest BCUT2D eigenvalue weighted by molar-refractivity contribution is 7.99. The van der Waals surface area contributed by atoms with Crippen LogP contribution in [0.15, 0.2) is 45.2 Å². The van der Waals surface area contributed by atoms with Crippen LogP contribution >= 0.6 is 11.8 Å². The van der Waals surface area contributed by atoms with Crippen LogP contribution in [0.2, 0.25) is 36.3 Å². The zero-order valence-corrected chi connectivity index (χ0v) is 40.5. The van der Waals surface area contributed by atoms with E-state index in [0.717, 1.165) is 32.5 Å². The molecule has 2 aromatic heterocycles. The summed E-state index contributed by atoms with van der Waals surface area (Å²) in [6.45, 7) is 24.7. The molecule has 4 heterocycles. The molecule has 0 aromatic carbocycles. The first kappa shape index (κ1) is 50.4. The number of anilines is 1. The summed E-state index contributed by atoms with van der Waals surface area (Å²) in [5.41, 5.74) is -2.22. The number of rotatable bonds is 14. The molecule has 2 aliphatic rings. The van der Waals surface area contributed by atoms with E-state index in [9.17, 15) is 33.6 Å². The number of H-pyrrole nitrogens is 1. The number of hydrogen-bond acceptors (Lipinski definition) is 17. The fourth-order valence-corrected chi connectivity index (χ4v) is 9.75. The number of aromatic nitrogens is 3. The number of nitrogens with one attached hydrogen (secondary N) is 2. The average Bonchev–Trinajstić information content (AvgIpc) is 3.45. The first-order valence-corrected chi connectivity index (χ1v) is 26.8. The van der Waals surface area contributed by atoms with Gasteiger partial charge in [-0.2, -0.15) is 0 Å². The lowest BCUT2D eigenvalue weighted by Crippen LogP contribution is -2.61. The van der Waals surface area contributed by atoms with Gasteiger partial charge in [0.25, 0.3) is 11.5 Å². The van der Waals surface area contributed by atoms with Gasteiger partial charge in [-0.25, -0.2) is 9.78 Å². The van der Waals surface area contributed by atoms with Crippen molar-refractivity contribution in [3.63, 3.8) is 0 Å². The molecule has 2 saturated heterocycles. The van der Waals surface area contributed by atoms with Crippen molar-refractivity contribution in [3.05, 3.63) is 51.4 Å². The maximum Gasteiger partial charge on any atom is 0.330 e. The first-order chi connectivity index (χ1) is 28.5. The van der Waals surface area contributed by atoms with Gasteiger partial charge in [-0.05, 0) is 48.4 Å². The van der Waals surface area contributed by atoms with Crippen molar-refractivity contribution >= 4 is 63.9 Å². The van der Waals surface area contributed by atoms with Crippen LogP contribution in [0.1, 0.15) is 75.5 Å². The summed E-state index contributed by atoms with van der Waals surface area (Å²) in [5, 5.41) is 2.59. The normalized spacial score (nSPS) is 25.7. The van der Waals surface area contributed by atoms with Gasteiger partial charge in [0.05, 0.1) is 16.9 Å². The van der Waals surface area contributed by atoms with Gasteiger partial charge in [-0.15, -0.1) is 0 Å². The molecule has 0 spiro atoms. The van der Waals surface area contributed by atoms with Crippen LogP contribution in [-0.4, -0.2) is 116 Å². The maximum atomic E-state index is 14.4. The Labute approximate surface area is 366 Å². The number of esters is 4. The third kappa shape index (κ3) is 12.5. The highest BCUT2D eigenvalue weighted by Crippen LogP contribution is 2.46. The fraction of sp³-hybridized carbons (Fsp3) is 0.650. The number of carbonyl (C=O) groups excluding carboxylic acids is 5. The van der Waals surface area contributed by atoms with Crippen molar-refractivity contribution in [1.29, 1.82) is 0 Å². The van der Waals surface area contributed by atoms with E-state index in [1.807, 2.05) is 26.2 Å². The summed E-state index contributed by atoms with van der Waals surface area (Å²) in [4.78, 5) is 95.0. The zero-order valence-electron chi connectivity index (χ0n) is 37.7. The number of amides is 1. The molecule has 0 unspecified atom stereocenters. The standard InChI is InChI=1S/C40H60N4O15SSi2/c1-21(45)52-20-26-29(53-22(2)46)30(54-23(3)47)34(55-24(4)48)37(56-26)60-28-16-15-25(19-41-28)42-35(50)32-31(58-61(11,12)39(5,6)7)33(59-62(13,14)40(8,9)10)36(57-32)44-18-17-27(49)43-38(44)51/h15-19,26,29-34,36-37H,20H2,1-14H3,(H,42,50)(H,43,49,51)/t26-,29+,30+,31-,32+,33-,34-,36-,37+/m1/s1. The third-order valence-electron chi connectivity index (χ3n) is 11.2. The van der Waals surface area contributed by atoms with Gasteiger partial charge < -0.3 is 42.6 Å². The monoisotopic (exact) mass is 924 g/mol. The number of thioether (sulfide) groups is 1. The Morgan fingerprint density at radius 3 is 1.81 bits per heavy atom. The van der Waals surface area contributed by atoms with Crippen LogP contribution in [0.4, 0.5) is 5.69 Å². The van der Waals surface area contributed by atoms with Crippen molar-refractivity contribution in [2.45, 2.75) is 165 Å². The van der Waals surface area contributed by atoms with Crippen LogP contribution in [0.3, 0.4) is 0 Å². The molecule has 0 saturated carbocycles. The van der Waals surface area contributed by atoms with Crippen molar-refractivity contribution in [1.82, 2.24) is 14.5 Å². The smallest absolute Gasteiger partial charge is 0.330 e. The van der Waals surface area contributed by atoms with Crippen molar-refractivity contribution < 1.29 is 61.2 Å². The van der Waals surface area contributed by atoms with Crippen LogP contribution in [-0.2, 0) is 61.2 Å². The van der Waals surface area contributed by atoms with Gasteiger partial charge in [0.2, 0.25) is 0 Å². The molecular formula is C40H60N4O15SSi2. The van der Waals surface area contributed by atoms with Gasteiger partial charge in [-0.1, -0.05) is 53.3 Å². The lowest BCUT2D eigenvalue weighted by atomic mass is 9.99. The molecular weight excluding hydrogens is 865 g/mol. The molecule has 2 aromatic rings. The Morgan fingerprint density at radius 1 is 0.758 bits per heavy atom. The number of hydrogen-bond donors (Lipinski definition) is 2. The number of carbonyl (C=O) groups is 5. The fourth-order valence-electron chi connectivity index (χ4n) is 6.13. The van der Waals surface area contributed by atoms with Crippen LogP contribution in [0, 0.1) is 0 Å². The summed E-state index contributed by atoms with van der Waals surface area (Å²) in [6.07, 6.45) is -6.85. The summed E-state index contributed by atoms with van der Waals surface area (Å²) in [7, 11) is -5.29. The van der Waals surface area contributed by atoms with Crippen LogP contribution in [0.5, 0.6) is 0 Å². The number of aromatic amines is 1. The molecule has 22 heteroatoms. The molecule has 344 valence electrons. The highest BCUT2D eigenvalue weighted by Gasteiger charge is 2.57. The SMILES string of the molecule is CC(=O)OC[C@H]1O[C@@H](Sc2ccc(NC(=O)[C@H]3O[C@@H](n4ccc(=O)[nH]c4=O)[C@H](O[Si](C)(C)C(C)(C)C)[C@@H]3O[Si](C)(C)C(C)(C)C)cn2)[C@H](OC(C)=O)[C@@H](OC(C)=O)[C@H]1OC(C)=O. The van der Waals surface area contributed by atoms with E-state index < -0.39 is 119 Å². The quantitative estimate of drug-likeness (QED) is 0.151. The molecule has 2 N–H and O–H groups in total. The Bertz CT molecular complexity index is 2080. The molecule has 62 heavy (non-hydrogen) atoms. The third-order valence-corrected chi connectivity index (χ3v) is 21.3. The zero-order chi connectivity index (χ0) is 46.7. The van der Waals surface area contributed by atoms with Crippen LogP contribution in [0.25, 0.3) is 0 Å². The number of ether oxygens (including phenoxy) is 6. The number of nitrogens with zero attached hydrogens (tertiary/aromatic N) is 2. The van der Waals surface area contributed by atoms with Gasteiger partial charge in [-0.3, -0.25) is 38.3 Å². The second kappa shape index (κ2) is 19.7.